The Labute approximate surface area is 188 Å². The maximum Gasteiger partial charge on any atom is 0.325 e. The van der Waals surface area contributed by atoms with Crippen molar-refractivity contribution in [1.29, 1.82) is 0 Å². The van der Waals surface area contributed by atoms with E-state index >= 15 is 0 Å². The molecule has 5 rings (SSSR count). The van der Waals surface area contributed by atoms with E-state index < -0.39 is 11.6 Å². The van der Waals surface area contributed by atoms with Crippen molar-refractivity contribution in [3.63, 3.8) is 0 Å². The van der Waals surface area contributed by atoms with E-state index in [0.29, 0.717) is 0 Å². The van der Waals surface area contributed by atoms with Gasteiger partial charge in [-0.1, -0.05) is 42.5 Å². The van der Waals surface area contributed by atoms with Gasteiger partial charge in [0.1, 0.15) is 12.1 Å². The predicted octanol–water partition coefficient (Wildman–Crippen LogP) is 3.48. The zero-order valence-electron chi connectivity index (χ0n) is 18.7. The lowest BCUT2D eigenvalue weighted by Gasteiger charge is -2.34. The molecule has 1 saturated heterocycles. The standard InChI is InChI=1S/C26H29N3O3/c1-26(20-14-13-17-8-5-10-19(17)15-20)24(31)29(25(32)27-26)16-23(30)28(2)22-12-6-9-18-7-3-4-11-21(18)22/h3-4,7,11,13-15,22H,5-6,8-10,12,16H2,1-2H3,(H,27,32). The lowest BCUT2D eigenvalue weighted by molar-refractivity contribution is -0.139. The van der Waals surface area contributed by atoms with Crippen molar-refractivity contribution in [2.45, 2.75) is 57.0 Å². The van der Waals surface area contributed by atoms with Crippen LogP contribution in [0.15, 0.2) is 42.5 Å². The minimum atomic E-state index is -1.15. The Morgan fingerprint density at radius 3 is 2.66 bits per heavy atom. The Bertz CT molecular complexity index is 1110. The first-order chi connectivity index (χ1) is 15.4. The fourth-order valence-electron chi connectivity index (χ4n) is 5.47. The first-order valence-corrected chi connectivity index (χ1v) is 11.5. The van der Waals surface area contributed by atoms with Crippen molar-refractivity contribution < 1.29 is 14.4 Å². The van der Waals surface area contributed by atoms with Crippen molar-refractivity contribution in [1.82, 2.24) is 15.1 Å². The minimum absolute atomic E-state index is 0.0312. The number of amides is 4. The number of urea groups is 1. The van der Waals surface area contributed by atoms with Crippen LogP contribution in [0.4, 0.5) is 4.79 Å². The highest BCUT2D eigenvalue weighted by molar-refractivity contribution is 6.09. The normalized spacial score (nSPS) is 24.2. The smallest absolute Gasteiger partial charge is 0.325 e. The van der Waals surface area contributed by atoms with E-state index in [1.165, 1.54) is 16.7 Å². The molecule has 0 radical (unpaired) electrons. The second-order valence-electron chi connectivity index (χ2n) is 9.39. The van der Waals surface area contributed by atoms with E-state index in [2.05, 4.69) is 23.5 Å². The van der Waals surface area contributed by atoms with Gasteiger partial charge >= 0.3 is 6.03 Å². The van der Waals surface area contributed by atoms with Gasteiger partial charge in [-0.3, -0.25) is 14.5 Å². The molecule has 0 saturated carbocycles. The Hall–Kier alpha value is -3.15. The molecule has 2 unspecified atom stereocenters. The van der Waals surface area contributed by atoms with Gasteiger partial charge in [0, 0.05) is 7.05 Å². The monoisotopic (exact) mass is 431 g/mol. The lowest BCUT2D eigenvalue weighted by Crippen LogP contribution is -2.44. The third kappa shape index (κ3) is 3.29. The average molecular weight is 432 g/mol. The van der Waals surface area contributed by atoms with Crippen LogP contribution in [0.5, 0.6) is 0 Å². The molecule has 1 heterocycles. The molecule has 6 heteroatoms. The highest BCUT2D eigenvalue weighted by Gasteiger charge is 2.50. The van der Waals surface area contributed by atoms with Gasteiger partial charge in [-0.2, -0.15) is 0 Å². The van der Waals surface area contributed by atoms with Gasteiger partial charge < -0.3 is 10.2 Å². The summed E-state index contributed by atoms with van der Waals surface area (Å²) >= 11 is 0. The molecule has 2 aromatic rings. The van der Waals surface area contributed by atoms with Gasteiger partial charge in [0.05, 0.1) is 6.04 Å². The number of hydrogen-bond acceptors (Lipinski definition) is 3. The molecule has 166 valence electrons. The maximum absolute atomic E-state index is 13.3. The van der Waals surface area contributed by atoms with Crippen molar-refractivity contribution in [3.05, 3.63) is 70.3 Å². The molecule has 0 spiro atoms. The topological polar surface area (TPSA) is 69.7 Å². The molecule has 32 heavy (non-hydrogen) atoms. The summed E-state index contributed by atoms with van der Waals surface area (Å²) in [5.41, 5.74) is 4.62. The Morgan fingerprint density at radius 1 is 1.06 bits per heavy atom. The highest BCUT2D eigenvalue weighted by atomic mass is 16.2. The van der Waals surface area contributed by atoms with Crippen LogP contribution < -0.4 is 5.32 Å². The van der Waals surface area contributed by atoms with E-state index in [4.69, 9.17) is 0 Å². The Morgan fingerprint density at radius 2 is 1.81 bits per heavy atom. The second-order valence-corrected chi connectivity index (χ2v) is 9.39. The SMILES string of the molecule is CN(C(=O)CN1C(=O)NC(C)(c2ccc3c(c2)CCC3)C1=O)C1CCCc2ccccc21. The fourth-order valence-corrected chi connectivity index (χ4v) is 5.47. The van der Waals surface area contributed by atoms with E-state index in [1.807, 2.05) is 24.3 Å². The molecular formula is C26H29N3O3. The molecular weight excluding hydrogens is 402 g/mol. The van der Waals surface area contributed by atoms with Crippen molar-refractivity contribution >= 4 is 17.8 Å². The predicted molar refractivity (Wildman–Crippen MR) is 121 cm³/mol. The van der Waals surface area contributed by atoms with Crippen molar-refractivity contribution in [2.75, 3.05) is 13.6 Å². The summed E-state index contributed by atoms with van der Waals surface area (Å²) in [6.07, 6.45) is 6.08. The third-order valence-electron chi connectivity index (χ3n) is 7.44. The number of carbonyl (C=O) groups excluding carboxylic acids is 3. The van der Waals surface area contributed by atoms with Crippen molar-refractivity contribution in [3.8, 4) is 0 Å². The van der Waals surface area contributed by atoms with Crippen LogP contribution in [0.1, 0.15) is 60.0 Å². The first-order valence-electron chi connectivity index (χ1n) is 11.5. The van der Waals surface area contributed by atoms with Crippen LogP contribution in [-0.4, -0.2) is 41.2 Å². The van der Waals surface area contributed by atoms with Crippen LogP contribution in [0, 0.1) is 0 Å². The Balaban J connectivity index is 1.34. The highest BCUT2D eigenvalue weighted by Crippen LogP contribution is 2.35. The molecule has 2 aromatic carbocycles. The van der Waals surface area contributed by atoms with Crippen molar-refractivity contribution in [2.24, 2.45) is 0 Å². The third-order valence-corrected chi connectivity index (χ3v) is 7.44. The summed E-state index contributed by atoms with van der Waals surface area (Å²) in [7, 11) is 1.77. The number of rotatable bonds is 4. The largest absolute Gasteiger partial charge is 0.337 e. The first kappa shape index (κ1) is 20.7. The number of likely N-dealkylation sites (N-methyl/N-ethyl adjacent to an activating group) is 1. The summed E-state index contributed by atoms with van der Waals surface area (Å²) in [4.78, 5) is 42.0. The molecule has 1 fully saturated rings. The number of nitrogens with zero attached hydrogens (tertiary/aromatic N) is 2. The van der Waals surface area contributed by atoms with Crippen LogP contribution in [0.3, 0.4) is 0 Å². The van der Waals surface area contributed by atoms with Gasteiger partial charge in [-0.25, -0.2) is 4.79 Å². The summed E-state index contributed by atoms with van der Waals surface area (Å²) in [5.74, 6) is -0.598. The number of carbonyl (C=O) groups is 3. The van der Waals surface area contributed by atoms with E-state index in [-0.39, 0.29) is 24.4 Å². The summed E-state index contributed by atoms with van der Waals surface area (Å²) < 4.78 is 0. The summed E-state index contributed by atoms with van der Waals surface area (Å²) in [6.45, 7) is 1.48. The minimum Gasteiger partial charge on any atom is -0.337 e. The number of fused-ring (bicyclic) bond motifs is 2. The summed E-state index contributed by atoms with van der Waals surface area (Å²) in [6, 6.07) is 13.7. The van der Waals surface area contributed by atoms with Crippen LogP contribution >= 0.6 is 0 Å². The molecule has 1 N–H and O–H groups in total. The van der Waals surface area contributed by atoms with Crippen LogP contribution in [-0.2, 0) is 34.4 Å². The molecule has 2 atom stereocenters. The van der Waals surface area contributed by atoms with E-state index in [1.54, 1.807) is 18.9 Å². The van der Waals surface area contributed by atoms with E-state index in [9.17, 15) is 14.4 Å². The van der Waals surface area contributed by atoms with Crippen LogP contribution in [0.25, 0.3) is 0 Å². The number of nitrogens with one attached hydrogen (secondary N) is 1. The van der Waals surface area contributed by atoms with Gasteiger partial charge in [0.2, 0.25) is 5.91 Å². The fraction of sp³-hybridized carbons (Fsp3) is 0.423. The zero-order valence-corrected chi connectivity index (χ0v) is 18.7. The van der Waals surface area contributed by atoms with Gasteiger partial charge in [-0.05, 0) is 73.3 Å². The average Bonchev–Trinajstić information content (AvgIpc) is 3.36. The quantitative estimate of drug-likeness (QED) is 0.754. The zero-order chi connectivity index (χ0) is 22.5. The number of aryl methyl sites for hydroxylation is 3. The number of imide groups is 1. The maximum atomic E-state index is 13.3. The second kappa shape index (κ2) is 7.76. The summed E-state index contributed by atoms with van der Waals surface area (Å²) in [5, 5.41) is 2.84. The molecule has 0 bridgehead atoms. The molecule has 1 aliphatic heterocycles. The van der Waals surface area contributed by atoms with Gasteiger partial charge in [0.15, 0.2) is 0 Å². The Kier molecular flexibility index (Phi) is 5.03. The molecule has 6 nitrogen and oxygen atoms in total. The number of hydrogen-bond donors (Lipinski definition) is 1. The number of benzene rings is 2. The molecule has 4 amide bonds. The van der Waals surface area contributed by atoms with Gasteiger partial charge in [0.25, 0.3) is 5.91 Å². The van der Waals surface area contributed by atoms with E-state index in [0.717, 1.165) is 54.6 Å². The molecule has 2 aliphatic carbocycles. The van der Waals surface area contributed by atoms with Crippen LogP contribution in [0.2, 0.25) is 0 Å². The van der Waals surface area contributed by atoms with Gasteiger partial charge in [-0.15, -0.1) is 0 Å². The lowest BCUT2D eigenvalue weighted by atomic mass is 9.87. The molecule has 3 aliphatic rings. The molecule has 0 aromatic heterocycles.